The van der Waals surface area contributed by atoms with E-state index in [-0.39, 0.29) is 42.7 Å². The summed E-state index contributed by atoms with van der Waals surface area (Å²) in [6, 6.07) is 4.50. The average Bonchev–Trinajstić information content (AvgIpc) is 3.41. The van der Waals surface area contributed by atoms with Gasteiger partial charge in [-0.15, -0.1) is 11.8 Å². The molecule has 0 radical (unpaired) electrons. The number of carboxylic acids is 2. The molecule has 1 unspecified atom stereocenters. The number of benzene rings is 1. The minimum absolute atomic E-state index is 0.0836. The molecule has 1 heterocycles. The van der Waals surface area contributed by atoms with E-state index in [4.69, 9.17) is 10.8 Å². The van der Waals surface area contributed by atoms with Crippen LogP contribution in [-0.2, 0) is 43.8 Å². The number of likely N-dealkylation sites (tertiary alicyclic amines) is 1. The Morgan fingerprint density at radius 2 is 1.59 bits per heavy atom. The summed E-state index contributed by atoms with van der Waals surface area (Å²) in [5, 5.41) is 28.7. The number of imide groups is 1. The summed E-state index contributed by atoms with van der Waals surface area (Å²) in [6.45, 7) is 14.1. The lowest BCUT2D eigenvalue weighted by Crippen LogP contribution is -2.61. The number of rotatable bonds is 21. The second kappa shape index (κ2) is 21.3. The molecule has 0 aliphatic carbocycles. The van der Waals surface area contributed by atoms with Crippen LogP contribution in [0.5, 0.6) is 0 Å². The van der Waals surface area contributed by atoms with Gasteiger partial charge in [-0.25, -0.2) is 0 Å². The molecule has 0 spiro atoms. The zero-order valence-electron chi connectivity index (χ0n) is 35.1. The highest BCUT2D eigenvalue weighted by Crippen LogP contribution is 2.29. The Bertz CT molecular complexity index is 1710. The largest absolute Gasteiger partial charge is 0.481 e. The fourth-order valence-electron chi connectivity index (χ4n) is 6.54. The molecular weight excluding hydrogens is 771 g/mol. The molecule has 17 nitrogen and oxygen atoms in total. The third-order valence-electron chi connectivity index (χ3n) is 10.1. The number of nitrogens with two attached hydrogens (primary N) is 1. The van der Waals surface area contributed by atoms with Gasteiger partial charge in [-0.3, -0.25) is 43.3 Å². The van der Waals surface area contributed by atoms with Crippen molar-refractivity contribution < 1.29 is 48.6 Å². The summed E-state index contributed by atoms with van der Waals surface area (Å²) in [5.74, 6) is -6.41. The highest BCUT2D eigenvalue weighted by atomic mass is 32.2. The lowest BCUT2D eigenvalue weighted by molar-refractivity contribution is -0.141. The topological polar surface area (TPSA) is 258 Å². The molecule has 18 heteroatoms. The Morgan fingerprint density at radius 1 is 0.983 bits per heavy atom. The van der Waals surface area contributed by atoms with E-state index in [9.17, 15) is 43.5 Å². The van der Waals surface area contributed by atoms with Gasteiger partial charge in [0.15, 0.2) is 0 Å². The van der Waals surface area contributed by atoms with Crippen LogP contribution in [0.25, 0.3) is 0 Å². The summed E-state index contributed by atoms with van der Waals surface area (Å²) in [6.07, 6.45) is 0.607. The number of hydrogen-bond acceptors (Lipinski definition) is 11. The first-order chi connectivity index (χ1) is 26.8. The number of amides is 6. The maximum absolute atomic E-state index is 14.2. The predicted octanol–water partition coefficient (Wildman–Crippen LogP) is 0.861. The third-order valence-corrected chi connectivity index (χ3v) is 11.4. The van der Waals surface area contributed by atoms with Crippen molar-refractivity contribution in [1.82, 2.24) is 31.1 Å². The second-order valence-corrected chi connectivity index (χ2v) is 17.7. The van der Waals surface area contributed by atoms with Crippen LogP contribution in [0, 0.1) is 11.3 Å². The van der Waals surface area contributed by atoms with Gasteiger partial charge in [-0.05, 0) is 30.9 Å². The Labute approximate surface area is 344 Å². The first-order valence-electron chi connectivity index (χ1n) is 19.1. The predicted molar refractivity (Wildman–Crippen MR) is 219 cm³/mol. The fraction of sp³-hybridized carbons (Fsp3) is 0.600. The maximum atomic E-state index is 14.2. The summed E-state index contributed by atoms with van der Waals surface area (Å²) in [5.41, 5.74) is 5.16. The SMILES string of the molecule is CN[C@H](C(=O)N[C@H](C(=O)N(C)[C@H](/C=C(\C)C(=O)N[C@H](CC(=O)O)C(=O)NCCN1C(=O)CC(SC[C@H](N)C(=O)O)C1=O)C(C)C)C(C)(C)C)C(C)(C)c1ccccc1. The lowest BCUT2D eigenvalue weighted by Gasteiger charge is -2.40. The molecule has 1 aromatic rings. The van der Waals surface area contributed by atoms with Crippen molar-refractivity contribution in [3.05, 3.63) is 47.5 Å². The Morgan fingerprint density at radius 3 is 2.10 bits per heavy atom. The van der Waals surface area contributed by atoms with Crippen molar-refractivity contribution in [2.24, 2.45) is 17.1 Å². The van der Waals surface area contributed by atoms with Crippen LogP contribution >= 0.6 is 11.8 Å². The van der Waals surface area contributed by atoms with E-state index in [0.29, 0.717) is 0 Å². The minimum atomic E-state index is -1.53. The summed E-state index contributed by atoms with van der Waals surface area (Å²) in [7, 11) is 3.26. The summed E-state index contributed by atoms with van der Waals surface area (Å²) >= 11 is 0.948. The van der Waals surface area contributed by atoms with Gasteiger partial charge in [0.1, 0.15) is 18.1 Å². The van der Waals surface area contributed by atoms with Crippen molar-refractivity contribution in [2.45, 2.75) is 109 Å². The van der Waals surface area contributed by atoms with Crippen LogP contribution in [0.4, 0.5) is 0 Å². The van der Waals surface area contributed by atoms with Crippen molar-refractivity contribution in [3.63, 3.8) is 0 Å². The zero-order chi connectivity index (χ0) is 44.3. The number of carbonyl (C=O) groups excluding carboxylic acids is 6. The van der Waals surface area contributed by atoms with Gasteiger partial charge in [0.05, 0.1) is 23.8 Å². The molecule has 58 heavy (non-hydrogen) atoms. The van der Waals surface area contributed by atoms with E-state index < -0.39 is 94.2 Å². The van der Waals surface area contributed by atoms with Crippen LogP contribution in [0.15, 0.2) is 42.0 Å². The van der Waals surface area contributed by atoms with E-state index in [1.807, 2.05) is 78.8 Å². The van der Waals surface area contributed by atoms with Crippen LogP contribution < -0.4 is 27.0 Å². The third kappa shape index (κ3) is 13.4. The van der Waals surface area contributed by atoms with Gasteiger partial charge < -0.3 is 42.1 Å². The zero-order valence-corrected chi connectivity index (χ0v) is 35.9. The first-order valence-corrected chi connectivity index (χ1v) is 20.1. The Balaban J connectivity index is 2.19. The van der Waals surface area contributed by atoms with Gasteiger partial charge in [0.2, 0.25) is 35.4 Å². The molecule has 2 rings (SSSR count). The molecule has 0 bridgehead atoms. The van der Waals surface area contributed by atoms with Gasteiger partial charge >= 0.3 is 11.9 Å². The number of thioether (sulfide) groups is 1. The normalized spacial score (nSPS) is 17.6. The number of nitrogens with one attached hydrogen (secondary N) is 4. The van der Waals surface area contributed by atoms with Gasteiger partial charge in [0.25, 0.3) is 0 Å². The number of aliphatic carboxylic acids is 2. The molecule has 6 amide bonds. The quantitative estimate of drug-likeness (QED) is 0.0671. The van der Waals surface area contributed by atoms with Gasteiger partial charge in [-0.2, -0.15) is 0 Å². The van der Waals surface area contributed by atoms with E-state index in [1.54, 1.807) is 20.2 Å². The van der Waals surface area contributed by atoms with Gasteiger partial charge in [-0.1, -0.05) is 84.9 Å². The van der Waals surface area contributed by atoms with Gasteiger partial charge in [0, 0.05) is 43.3 Å². The van der Waals surface area contributed by atoms with Crippen LogP contribution in [0.3, 0.4) is 0 Å². The van der Waals surface area contributed by atoms with E-state index in [2.05, 4.69) is 21.3 Å². The second-order valence-electron chi connectivity index (χ2n) is 16.4. The Kier molecular flexibility index (Phi) is 18.1. The van der Waals surface area contributed by atoms with Crippen molar-refractivity contribution in [2.75, 3.05) is 32.9 Å². The summed E-state index contributed by atoms with van der Waals surface area (Å²) < 4.78 is 0. The molecule has 1 saturated heterocycles. The van der Waals surface area contributed by atoms with Crippen LogP contribution in [-0.4, -0.2) is 136 Å². The molecule has 6 atom stereocenters. The number of hydrogen-bond donors (Lipinski definition) is 7. The highest BCUT2D eigenvalue weighted by Gasteiger charge is 2.42. The fourth-order valence-corrected chi connectivity index (χ4v) is 7.65. The lowest BCUT2D eigenvalue weighted by atomic mass is 9.76. The monoisotopic (exact) mass is 831 g/mol. The van der Waals surface area contributed by atoms with Crippen molar-refractivity contribution in [1.29, 1.82) is 0 Å². The molecule has 8 N–H and O–H groups in total. The molecule has 0 aromatic heterocycles. The van der Waals surface area contributed by atoms with Crippen LogP contribution in [0.1, 0.15) is 73.8 Å². The molecule has 1 aliphatic heterocycles. The minimum Gasteiger partial charge on any atom is -0.481 e. The molecule has 1 aliphatic rings. The number of nitrogens with zero attached hydrogens (tertiary/aromatic N) is 2. The highest BCUT2D eigenvalue weighted by molar-refractivity contribution is 8.00. The standard InChI is InChI=1S/C40H61N7O10S/c1-22(2)27(46(10)37(55)32(39(4,5)6)45-35(53)31(42-9)40(7,8)24-14-12-11-13-15-24)18-23(3)33(51)44-26(19-30(49)50)34(52)43-16-17-47-29(48)20-28(36(47)54)58-21-25(41)38(56)57/h11-15,18,22,25-28,31-32,42H,16-17,19-21,41H2,1-10H3,(H,43,52)(H,44,51)(H,45,53)(H,49,50)(H,56,57)/b23-18+/t25-,26+,27+,28?,31+,32+/m0/s1. The van der Waals surface area contributed by atoms with Crippen LogP contribution in [0.2, 0.25) is 0 Å². The maximum Gasteiger partial charge on any atom is 0.321 e. The smallest absolute Gasteiger partial charge is 0.321 e. The van der Waals surface area contributed by atoms with E-state index in [0.717, 1.165) is 22.2 Å². The van der Waals surface area contributed by atoms with E-state index in [1.165, 1.54) is 11.8 Å². The molecule has 0 saturated carbocycles. The molecule has 1 aromatic carbocycles. The van der Waals surface area contributed by atoms with Crippen molar-refractivity contribution in [3.8, 4) is 0 Å². The summed E-state index contributed by atoms with van der Waals surface area (Å²) in [4.78, 5) is 105. The molecule has 1 fully saturated rings. The number of carbonyl (C=O) groups is 8. The van der Waals surface area contributed by atoms with Crippen molar-refractivity contribution >= 4 is 59.1 Å². The van der Waals surface area contributed by atoms with E-state index >= 15 is 0 Å². The number of carboxylic acid groups (broad SMARTS) is 2. The Hall–Kier alpha value is -4.81. The average molecular weight is 832 g/mol. The number of likely N-dealkylation sites (N-methyl/N-ethyl adjacent to an activating group) is 2. The molecule has 322 valence electrons. The molecular formula is C40H61N7O10S. The first kappa shape index (κ1) is 49.3.